The minimum absolute atomic E-state index is 0.159. The number of hydrogen-bond donors (Lipinski definition) is 1. The highest BCUT2D eigenvalue weighted by atomic mass is 14.8. The monoisotopic (exact) mass is 279 g/mol. The van der Waals surface area contributed by atoms with Gasteiger partial charge < -0.3 is 5.32 Å². The molecule has 1 aliphatic carbocycles. The molecule has 2 aromatic rings. The van der Waals surface area contributed by atoms with Gasteiger partial charge in [0, 0.05) is 5.41 Å². The molecule has 2 aromatic carbocycles. The van der Waals surface area contributed by atoms with Crippen LogP contribution in [0.1, 0.15) is 42.0 Å². The molecule has 1 aliphatic rings. The molecule has 1 N–H and O–H groups in total. The van der Waals surface area contributed by atoms with Crippen LogP contribution >= 0.6 is 0 Å². The molecule has 110 valence electrons. The van der Waals surface area contributed by atoms with E-state index in [9.17, 15) is 0 Å². The maximum atomic E-state index is 3.36. The third kappa shape index (κ3) is 2.40. The predicted molar refractivity (Wildman–Crippen MR) is 89.9 cm³/mol. The standard InChI is InChI=1S/C20H25N/c1-3-20(14-15-21-2)18-10-6-4-8-16(18)12-13-17-9-5-7-11-19(17)20/h4-11,21H,3,12-15H2,1-2H3. The van der Waals surface area contributed by atoms with E-state index in [-0.39, 0.29) is 5.41 Å². The lowest BCUT2D eigenvalue weighted by atomic mass is 9.68. The average molecular weight is 279 g/mol. The van der Waals surface area contributed by atoms with Gasteiger partial charge in [-0.2, -0.15) is 0 Å². The first-order chi connectivity index (χ1) is 10.3. The van der Waals surface area contributed by atoms with Crippen molar-refractivity contribution in [2.75, 3.05) is 13.6 Å². The quantitative estimate of drug-likeness (QED) is 0.889. The van der Waals surface area contributed by atoms with E-state index < -0.39 is 0 Å². The smallest absolute Gasteiger partial charge is 0.0217 e. The molecule has 0 saturated carbocycles. The molecule has 3 rings (SSSR count). The number of nitrogens with one attached hydrogen (secondary N) is 1. The van der Waals surface area contributed by atoms with E-state index in [2.05, 4.69) is 67.8 Å². The van der Waals surface area contributed by atoms with Crippen LogP contribution in [0.15, 0.2) is 48.5 Å². The zero-order chi connectivity index (χ0) is 14.7. The molecule has 21 heavy (non-hydrogen) atoms. The largest absolute Gasteiger partial charge is 0.320 e. The van der Waals surface area contributed by atoms with Gasteiger partial charge in [-0.05, 0) is 61.5 Å². The Morgan fingerprint density at radius 1 is 0.905 bits per heavy atom. The first kappa shape index (κ1) is 14.3. The van der Waals surface area contributed by atoms with E-state index in [0.29, 0.717) is 0 Å². The van der Waals surface area contributed by atoms with Crippen molar-refractivity contribution in [3.8, 4) is 0 Å². The summed E-state index contributed by atoms with van der Waals surface area (Å²) in [4.78, 5) is 0. The topological polar surface area (TPSA) is 12.0 Å². The van der Waals surface area contributed by atoms with Gasteiger partial charge in [0.1, 0.15) is 0 Å². The molecule has 0 radical (unpaired) electrons. The molecular weight excluding hydrogens is 254 g/mol. The molecule has 0 atom stereocenters. The predicted octanol–water partition coefficient (Wildman–Crippen LogP) is 4.09. The first-order valence-electron chi connectivity index (χ1n) is 8.13. The molecule has 0 heterocycles. The molecule has 0 bridgehead atoms. The minimum Gasteiger partial charge on any atom is -0.320 e. The van der Waals surface area contributed by atoms with Crippen LogP contribution in [0.3, 0.4) is 0 Å². The molecular formula is C20H25N. The average Bonchev–Trinajstić information content (AvgIpc) is 2.69. The molecule has 0 unspecified atom stereocenters. The normalized spacial score (nSPS) is 15.9. The Balaban J connectivity index is 2.23. The third-order valence-electron chi connectivity index (χ3n) is 5.13. The van der Waals surface area contributed by atoms with Gasteiger partial charge in [-0.15, -0.1) is 0 Å². The summed E-state index contributed by atoms with van der Waals surface area (Å²) in [5.41, 5.74) is 6.32. The molecule has 0 fully saturated rings. The summed E-state index contributed by atoms with van der Waals surface area (Å²) in [5, 5.41) is 3.36. The molecule has 0 saturated heterocycles. The van der Waals surface area contributed by atoms with Crippen molar-refractivity contribution in [2.45, 2.75) is 38.0 Å². The highest BCUT2D eigenvalue weighted by Gasteiger charge is 2.36. The van der Waals surface area contributed by atoms with Gasteiger partial charge in [-0.3, -0.25) is 0 Å². The Morgan fingerprint density at radius 3 is 1.90 bits per heavy atom. The fourth-order valence-corrected chi connectivity index (χ4v) is 3.99. The second-order valence-electron chi connectivity index (χ2n) is 6.10. The van der Waals surface area contributed by atoms with Crippen molar-refractivity contribution >= 4 is 0 Å². The number of rotatable bonds is 4. The molecule has 0 aliphatic heterocycles. The van der Waals surface area contributed by atoms with Gasteiger partial charge in [0.05, 0.1) is 0 Å². The Bertz CT molecular complexity index is 567. The number of fused-ring (bicyclic) bond motifs is 2. The van der Waals surface area contributed by atoms with Crippen molar-refractivity contribution in [3.63, 3.8) is 0 Å². The lowest BCUT2D eigenvalue weighted by molar-refractivity contribution is 0.445. The Kier molecular flexibility index (Phi) is 4.12. The van der Waals surface area contributed by atoms with Crippen LogP contribution in [-0.4, -0.2) is 13.6 Å². The number of benzene rings is 2. The second kappa shape index (κ2) is 6.03. The van der Waals surface area contributed by atoms with E-state index in [1.165, 1.54) is 11.1 Å². The highest BCUT2D eigenvalue weighted by molar-refractivity contribution is 5.49. The van der Waals surface area contributed by atoms with Gasteiger partial charge in [-0.1, -0.05) is 55.5 Å². The minimum atomic E-state index is 0.159. The third-order valence-corrected chi connectivity index (χ3v) is 5.13. The second-order valence-corrected chi connectivity index (χ2v) is 6.10. The zero-order valence-electron chi connectivity index (χ0n) is 13.2. The van der Waals surface area contributed by atoms with Crippen molar-refractivity contribution in [2.24, 2.45) is 0 Å². The Morgan fingerprint density at radius 2 is 1.43 bits per heavy atom. The van der Waals surface area contributed by atoms with Crippen LogP contribution in [0.25, 0.3) is 0 Å². The fraction of sp³-hybridized carbons (Fsp3) is 0.400. The van der Waals surface area contributed by atoms with Gasteiger partial charge in [0.25, 0.3) is 0 Å². The van der Waals surface area contributed by atoms with Crippen molar-refractivity contribution < 1.29 is 0 Å². The Hall–Kier alpha value is -1.60. The molecule has 0 amide bonds. The van der Waals surface area contributed by atoms with Crippen molar-refractivity contribution in [1.29, 1.82) is 0 Å². The lowest BCUT2D eigenvalue weighted by Crippen LogP contribution is -2.32. The maximum Gasteiger partial charge on any atom is 0.0217 e. The number of hydrogen-bond acceptors (Lipinski definition) is 1. The summed E-state index contributed by atoms with van der Waals surface area (Å²) in [6.07, 6.45) is 4.64. The van der Waals surface area contributed by atoms with E-state index in [4.69, 9.17) is 0 Å². The van der Waals surface area contributed by atoms with Crippen LogP contribution in [0.2, 0.25) is 0 Å². The van der Waals surface area contributed by atoms with Crippen LogP contribution in [-0.2, 0) is 18.3 Å². The maximum absolute atomic E-state index is 3.36. The van der Waals surface area contributed by atoms with Crippen LogP contribution in [0.4, 0.5) is 0 Å². The molecule has 0 spiro atoms. The van der Waals surface area contributed by atoms with Gasteiger partial charge >= 0.3 is 0 Å². The van der Waals surface area contributed by atoms with Gasteiger partial charge in [0.2, 0.25) is 0 Å². The van der Waals surface area contributed by atoms with Gasteiger partial charge in [0.15, 0.2) is 0 Å². The zero-order valence-corrected chi connectivity index (χ0v) is 13.2. The van der Waals surface area contributed by atoms with Gasteiger partial charge in [-0.25, -0.2) is 0 Å². The fourth-order valence-electron chi connectivity index (χ4n) is 3.99. The summed E-state index contributed by atoms with van der Waals surface area (Å²) >= 11 is 0. The van der Waals surface area contributed by atoms with Crippen LogP contribution in [0, 0.1) is 0 Å². The molecule has 1 heteroatoms. The molecule has 1 nitrogen and oxygen atoms in total. The summed E-state index contributed by atoms with van der Waals surface area (Å²) in [6, 6.07) is 18.1. The highest BCUT2D eigenvalue weighted by Crippen LogP contribution is 2.44. The van der Waals surface area contributed by atoms with E-state index in [0.717, 1.165) is 32.2 Å². The Labute approximate surface area is 128 Å². The number of aryl methyl sites for hydroxylation is 2. The van der Waals surface area contributed by atoms with Crippen LogP contribution < -0.4 is 5.32 Å². The van der Waals surface area contributed by atoms with E-state index in [1.54, 1.807) is 11.1 Å². The first-order valence-corrected chi connectivity index (χ1v) is 8.13. The lowest BCUT2D eigenvalue weighted by Gasteiger charge is -2.36. The van der Waals surface area contributed by atoms with E-state index >= 15 is 0 Å². The summed E-state index contributed by atoms with van der Waals surface area (Å²) < 4.78 is 0. The van der Waals surface area contributed by atoms with Crippen molar-refractivity contribution in [3.05, 3.63) is 70.8 Å². The summed E-state index contributed by atoms with van der Waals surface area (Å²) in [7, 11) is 2.05. The van der Waals surface area contributed by atoms with E-state index in [1.807, 2.05) is 0 Å². The summed E-state index contributed by atoms with van der Waals surface area (Å²) in [6.45, 7) is 3.39. The molecule has 0 aromatic heterocycles. The summed E-state index contributed by atoms with van der Waals surface area (Å²) in [5.74, 6) is 0. The van der Waals surface area contributed by atoms with Crippen LogP contribution in [0.5, 0.6) is 0 Å². The van der Waals surface area contributed by atoms with Crippen molar-refractivity contribution in [1.82, 2.24) is 5.32 Å². The SMILES string of the molecule is CCC1(CCNC)c2ccccc2CCc2ccccc21.